The number of hydrogen-bond acceptors (Lipinski definition) is 0. The topological polar surface area (TPSA) is 31.5 Å². The van der Waals surface area contributed by atoms with Crippen LogP contribution in [-0.4, -0.2) is 5.48 Å². The fourth-order valence-corrected chi connectivity index (χ4v) is 0. The Balaban J connectivity index is 0. The van der Waals surface area contributed by atoms with E-state index >= 15 is 0 Å². The molecule has 0 bridgehead atoms. The molecule has 0 aromatic carbocycles. The van der Waals surface area contributed by atoms with Crippen LogP contribution in [0.25, 0.3) is 0 Å². The zero-order valence-corrected chi connectivity index (χ0v) is 9.35. The molecule has 1 nitrogen and oxygen atoms in total. The molecule has 2 N–H and O–H groups in total. The molecule has 4 heavy (non-hydrogen) atoms. The Morgan fingerprint density at radius 2 is 1.00 bits per heavy atom. The Morgan fingerprint density at radius 3 is 1.00 bits per heavy atom. The first-order valence-corrected chi connectivity index (χ1v) is 0. The van der Waals surface area contributed by atoms with Gasteiger partial charge in [0.2, 0.25) is 0 Å². The minimum Gasteiger partial charge on any atom is -0.412 e. The summed E-state index contributed by atoms with van der Waals surface area (Å²) in [6.45, 7) is 0. The van der Waals surface area contributed by atoms with Gasteiger partial charge in [-0.1, -0.05) is 0 Å². The van der Waals surface area contributed by atoms with Crippen molar-refractivity contribution in [2.24, 2.45) is 0 Å². The van der Waals surface area contributed by atoms with Crippen LogP contribution < -0.4 is 0 Å². The van der Waals surface area contributed by atoms with E-state index in [2.05, 4.69) is 0 Å². The summed E-state index contributed by atoms with van der Waals surface area (Å²) in [6.07, 6.45) is 0. The van der Waals surface area contributed by atoms with Gasteiger partial charge in [-0.3, -0.25) is 0 Å². The van der Waals surface area contributed by atoms with Gasteiger partial charge in [-0.05, 0) is 0 Å². The Bertz CT molecular complexity index is 8.00. The van der Waals surface area contributed by atoms with Gasteiger partial charge in [-0.2, -0.15) is 0 Å². The van der Waals surface area contributed by atoms with Gasteiger partial charge in [-0.25, -0.2) is 0 Å². The molecule has 0 heterocycles. The van der Waals surface area contributed by atoms with Crippen LogP contribution in [-0.2, 0) is 58.9 Å². The Kier molecular flexibility index (Phi) is 110. The predicted molar refractivity (Wildman–Crippen MR) is 3.61 cm³/mol. The number of rotatable bonds is 0. The maximum Gasteiger partial charge on any atom is 0 e. The molecule has 0 spiro atoms. The molecule has 2 radical (unpaired) electrons. The predicted octanol–water partition coefficient (Wildman–Crippen LogP) is -0.830. The molecule has 0 aromatic heterocycles. The van der Waals surface area contributed by atoms with Crippen LogP contribution in [0.1, 0.15) is 0 Å². The molecule has 0 fully saturated rings. The summed E-state index contributed by atoms with van der Waals surface area (Å²) >= 11 is 0. The van der Waals surface area contributed by atoms with Gasteiger partial charge >= 0.3 is 0 Å². The van der Waals surface area contributed by atoms with Crippen LogP contribution in [0.2, 0.25) is 0 Å². The molecule has 0 unspecified atom stereocenters. The molecule has 0 rings (SSSR count). The average Bonchev–Trinajstić information content (AvgIpc) is 0. The molecular formula is H2OTbYZr. The van der Waals surface area contributed by atoms with Gasteiger partial charge in [0.05, 0.1) is 0 Å². The smallest absolute Gasteiger partial charge is 0 e. The third kappa shape index (κ3) is 8.97. The van der Waals surface area contributed by atoms with E-state index in [1.54, 1.807) is 0 Å². The quantitative estimate of drug-likeness (QED) is 0.542. The summed E-state index contributed by atoms with van der Waals surface area (Å²) in [6, 6.07) is 0. The molecule has 0 aromatic rings. The average molecular weight is 357 g/mol. The van der Waals surface area contributed by atoms with Crippen molar-refractivity contribution in [1.29, 1.82) is 0 Å². The molecule has 0 saturated carbocycles. The van der Waals surface area contributed by atoms with Crippen molar-refractivity contribution in [3.05, 3.63) is 0 Å². The van der Waals surface area contributed by atoms with Gasteiger partial charge in [0.1, 0.15) is 0 Å². The van der Waals surface area contributed by atoms with Crippen molar-refractivity contribution < 1.29 is 103 Å². The second-order valence-electron chi connectivity index (χ2n) is 0. The van der Waals surface area contributed by atoms with E-state index in [1.165, 1.54) is 0 Å². The summed E-state index contributed by atoms with van der Waals surface area (Å²) in [7, 11) is 0. The Labute approximate surface area is 100 Å². The minimum atomic E-state index is 0. The summed E-state index contributed by atoms with van der Waals surface area (Å²) in [5.41, 5.74) is 0. The molecule has 4 heteroatoms. The van der Waals surface area contributed by atoms with E-state index in [-0.39, 0.29) is 103 Å². The van der Waals surface area contributed by atoms with Crippen LogP contribution in [0.15, 0.2) is 0 Å². The molecule has 0 amide bonds. The van der Waals surface area contributed by atoms with Gasteiger partial charge in [0.25, 0.3) is 0 Å². The van der Waals surface area contributed by atoms with Crippen LogP contribution in [0.5, 0.6) is 0 Å². The zero-order valence-electron chi connectivity index (χ0n) is 1.91. The van der Waals surface area contributed by atoms with E-state index in [0.29, 0.717) is 0 Å². The Hall–Kier alpha value is 3.23. The van der Waals surface area contributed by atoms with E-state index < -0.39 is 0 Å². The second-order valence-corrected chi connectivity index (χ2v) is 0. The standard InChI is InChI=1S/H2O.Tb.Y.Zr/h1H2;;;. The molecule has 24 valence electrons. The molecule has 0 aliphatic carbocycles. The van der Waals surface area contributed by atoms with Gasteiger partial charge in [0, 0.05) is 97.5 Å². The molecule has 0 aliphatic heterocycles. The summed E-state index contributed by atoms with van der Waals surface area (Å²) in [4.78, 5) is 0. The van der Waals surface area contributed by atoms with Crippen molar-refractivity contribution in [2.45, 2.75) is 0 Å². The SMILES string of the molecule is O.[Tb].[Y].[Zr]. The normalized spacial score (nSPS) is 0. The van der Waals surface area contributed by atoms with Crippen molar-refractivity contribution >= 4 is 0 Å². The van der Waals surface area contributed by atoms with Gasteiger partial charge in [0.15, 0.2) is 0 Å². The first-order chi connectivity index (χ1) is 0. The molecular weight excluding hydrogens is 355 g/mol. The van der Waals surface area contributed by atoms with Crippen LogP contribution >= 0.6 is 0 Å². The van der Waals surface area contributed by atoms with Crippen molar-refractivity contribution in [3.8, 4) is 0 Å². The van der Waals surface area contributed by atoms with Gasteiger partial charge < -0.3 is 5.48 Å². The molecule has 0 saturated heterocycles. The first kappa shape index (κ1) is 26.9. The fourth-order valence-electron chi connectivity index (χ4n) is 0. The Morgan fingerprint density at radius 1 is 1.00 bits per heavy atom. The first-order valence-electron chi connectivity index (χ1n) is 0. The minimum absolute atomic E-state index is 0. The van der Waals surface area contributed by atoms with Crippen LogP contribution in [0.4, 0.5) is 0 Å². The monoisotopic (exact) mass is 356 g/mol. The maximum absolute atomic E-state index is 0. The van der Waals surface area contributed by atoms with E-state index in [4.69, 9.17) is 0 Å². The molecule has 0 aliphatic rings. The summed E-state index contributed by atoms with van der Waals surface area (Å²) < 4.78 is 0. The third-order valence-corrected chi connectivity index (χ3v) is 0. The van der Waals surface area contributed by atoms with Crippen molar-refractivity contribution in [1.82, 2.24) is 0 Å². The van der Waals surface area contributed by atoms with E-state index in [0.717, 1.165) is 0 Å². The van der Waals surface area contributed by atoms with Crippen LogP contribution in [0, 0.1) is 38.6 Å². The third-order valence-electron chi connectivity index (χ3n) is 0. The van der Waals surface area contributed by atoms with Crippen molar-refractivity contribution in [2.75, 3.05) is 0 Å². The van der Waals surface area contributed by atoms with Crippen LogP contribution in [0.3, 0.4) is 0 Å². The second kappa shape index (κ2) is 16.3. The van der Waals surface area contributed by atoms with E-state index in [9.17, 15) is 0 Å². The zero-order chi connectivity index (χ0) is 0. The molecule has 0 atom stereocenters. The summed E-state index contributed by atoms with van der Waals surface area (Å²) in [5.74, 6) is 0. The van der Waals surface area contributed by atoms with Crippen molar-refractivity contribution in [3.63, 3.8) is 0 Å². The largest absolute Gasteiger partial charge is 0.412 e. The fraction of sp³-hybridized carbons (Fsp3) is 0. The number of hydrogen-bond donors (Lipinski definition) is 0. The van der Waals surface area contributed by atoms with Gasteiger partial charge in [-0.15, -0.1) is 0 Å². The maximum atomic E-state index is 0. The summed E-state index contributed by atoms with van der Waals surface area (Å²) in [5, 5.41) is 0. The van der Waals surface area contributed by atoms with E-state index in [1.807, 2.05) is 0 Å².